The molecular weight excluding hydrogens is 270 g/mol. The summed E-state index contributed by atoms with van der Waals surface area (Å²) in [5.74, 6) is 0.492. The quantitative estimate of drug-likeness (QED) is 0.828. The van der Waals surface area contributed by atoms with E-state index < -0.39 is 0 Å². The molecule has 0 aromatic heterocycles. The molecular formula is C17H16ClNO. The average Bonchev–Trinajstić information content (AvgIpc) is 2.97. The Morgan fingerprint density at radius 1 is 1.05 bits per heavy atom. The van der Waals surface area contributed by atoms with Gasteiger partial charge >= 0.3 is 0 Å². The summed E-state index contributed by atoms with van der Waals surface area (Å²) >= 11 is 6.00. The van der Waals surface area contributed by atoms with Crippen LogP contribution in [0.4, 0.5) is 5.69 Å². The van der Waals surface area contributed by atoms with Gasteiger partial charge in [0.25, 0.3) is 0 Å². The third-order valence-electron chi connectivity index (χ3n) is 4.37. The standard InChI is InChI=1S/C17H16ClNO/c18-12-7-5-11(6-8-12)16-14-9-10-20-17(14)13-3-1-2-4-15(13)19-16/h1-8,14,16-17,19H,9-10H2/t14-,16-,17+/m0/s1. The molecule has 20 heavy (non-hydrogen) atoms. The molecule has 0 aliphatic carbocycles. The molecule has 0 amide bonds. The third-order valence-corrected chi connectivity index (χ3v) is 4.63. The lowest BCUT2D eigenvalue weighted by Gasteiger charge is -2.36. The molecule has 4 rings (SSSR count). The SMILES string of the molecule is Clc1ccc([C@@H]2Nc3ccccc3[C@H]3OCC[C@H]32)cc1. The molecule has 0 bridgehead atoms. The number of hydrogen-bond acceptors (Lipinski definition) is 2. The van der Waals surface area contributed by atoms with E-state index in [0.29, 0.717) is 12.0 Å². The van der Waals surface area contributed by atoms with Gasteiger partial charge in [0.05, 0.1) is 12.1 Å². The van der Waals surface area contributed by atoms with Gasteiger partial charge in [0, 0.05) is 28.8 Å². The summed E-state index contributed by atoms with van der Waals surface area (Å²) in [5.41, 5.74) is 3.76. The van der Waals surface area contributed by atoms with Crippen LogP contribution in [0.3, 0.4) is 0 Å². The number of para-hydroxylation sites is 1. The lowest BCUT2D eigenvalue weighted by molar-refractivity contribution is 0.0829. The Balaban J connectivity index is 1.76. The number of hydrogen-bond donors (Lipinski definition) is 1. The number of rotatable bonds is 1. The second-order valence-electron chi connectivity index (χ2n) is 5.50. The van der Waals surface area contributed by atoms with E-state index in [4.69, 9.17) is 16.3 Å². The predicted molar refractivity (Wildman–Crippen MR) is 81.1 cm³/mol. The number of benzene rings is 2. The Morgan fingerprint density at radius 3 is 2.70 bits per heavy atom. The van der Waals surface area contributed by atoms with Crippen LogP contribution in [0.25, 0.3) is 0 Å². The molecule has 0 radical (unpaired) electrons. The molecule has 1 saturated heterocycles. The van der Waals surface area contributed by atoms with Gasteiger partial charge in [0.2, 0.25) is 0 Å². The summed E-state index contributed by atoms with van der Waals surface area (Å²) in [6.45, 7) is 0.843. The second kappa shape index (κ2) is 4.80. The van der Waals surface area contributed by atoms with Crippen molar-refractivity contribution in [3.63, 3.8) is 0 Å². The minimum absolute atomic E-state index is 0.216. The highest BCUT2D eigenvalue weighted by Gasteiger charge is 2.41. The van der Waals surface area contributed by atoms with Crippen LogP contribution >= 0.6 is 11.6 Å². The topological polar surface area (TPSA) is 21.3 Å². The Bertz CT molecular complexity index is 625. The lowest BCUT2D eigenvalue weighted by Crippen LogP contribution is -2.29. The number of fused-ring (bicyclic) bond motifs is 3. The van der Waals surface area contributed by atoms with Crippen molar-refractivity contribution in [2.45, 2.75) is 18.6 Å². The molecule has 102 valence electrons. The molecule has 2 aliphatic rings. The molecule has 1 N–H and O–H groups in total. The van der Waals surface area contributed by atoms with Crippen molar-refractivity contribution in [3.8, 4) is 0 Å². The first kappa shape index (κ1) is 12.2. The molecule has 0 saturated carbocycles. The summed E-state index contributed by atoms with van der Waals surface area (Å²) < 4.78 is 5.99. The van der Waals surface area contributed by atoms with Gasteiger partial charge in [-0.15, -0.1) is 0 Å². The van der Waals surface area contributed by atoms with E-state index in [9.17, 15) is 0 Å². The Morgan fingerprint density at radius 2 is 1.85 bits per heavy atom. The largest absolute Gasteiger partial charge is 0.378 e. The van der Waals surface area contributed by atoms with Crippen molar-refractivity contribution in [1.29, 1.82) is 0 Å². The van der Waals surface area contributed by atoms with Gasteiger partial charge in [-0.05, 0) is 30.2 Å². The van der Waals surface area contributed by atoms with E-state index >= 15 is 0 Å². The maximum Gasteiger partial charge on any atom is 0.0896 e. The second-order valence-corrected chi connectivity index (χ2v) is 5.94. The number of halogens is 1. The molecule has 3 heteroatoms. The van der Waals surface area contributed by atoms with E-state index in [1.807, 2.05) is 12.1 Å². The third kappa shape index (κ3) is 1.91. The van der Waals surface area contributed by atoms with Crippen LogP contribution in [0.1, 0.15) is 29.7 Å². The Hall–Kier alpha value is -1.51. The Labute approximate surface area is 123 Å². The minimum Gasteiger partial charge on any atom is -0.378 e. The zero-order chi connectivity index (χ0) is 13.5. The molecule has 2 heterocycles. The first-order chi connectivity index (χ1) is 9.83. The van der Waals surface area contributed by atoms with Crippen molar-refractivity contribution in [2.75, 3.05) is 11.9 Å². The summed E-state index contributed by atoms with van der Waals surface area (Å²) in [7, 11) is 0. The van der Waals surface area contributed by atoms with E-state index in [-0.39, 0.29) is 6.10 Å². The van der Waals surface area contributed by atoms with Gasteiger partial charge in [-0.2, -0.15) is 0 Å². The predicted octanol–water partition coefficient (Wildman–Crippen LogP) is 4.58. The maximum atomic E-state index is 6.00. The first-order valence-electron chi connectivity index (χ1n) is 7.05. The molecule has 1 fully saturated rings. The van der Waals surface area contributed by atoms with Gasteiger partial charge in [-0.1, -0.05) is 41.9 Å². The van der Waals surface area contributed by atoms with E-state index in [1.165, 1.54) is 16.8 Å². The average molecular weight is 286 g/mol. The molecule has 3 atom stereocenters. The van der Waals surface area contributed by atoms with Crippen LogP contribution < -0.4 is 5.32 Å². The van der Waals surface area contributed by atoms with Crippen molar-refractivity contribution in [2.24, 2.45) is 5.92 Å². The zero-order valence-corrected chi connectivity index (χ0v) is 11.8. The maximum absolute atomic E-state index is 6.00. The highest BCUT2D eigenvalue weighted by molar-refractivity contribution is 6.30. The van der Waals surface area contributed by atoms with E-state index in [2.05, 4.69) is 41.7 Å². The highest BCUT2D eigenvalue weighted by atomic mass is 35.5. The Kier molecular flexibility index (Phi) is 2.94. The van der Waals surface area contributed by atoms with Crippen molar-refractivity contribution >= 4 is 17.3 Å². The van der Waals surface area contributed by atoms with Crippen molar-refractivity contribution < 1.29 is 4.74 Å². The van der Waals surface area contributed by atoms with Crippen LogP contribution in [-0.4, -0.2) is 6.61 Å². The van der Waals surface area contributed by atoms with E-state index in [1.54, 1.807) is 0 Å². The molecule has 2 aliphatic heterocycles. The van der Waals surface area contributed by atoms with Gasteiger partial charge in [-0.25, -0.2) is 0 Å². The lowest BCUT2D eigenvalue weighted by atomic mass is 9.81. The minimum atomic E-state index is 0.216. The van der Waals surface area contributed by atoms with Crippen LogP contribution in [0.2, 0.25) is 5.02 Å². The zero-order valence-electron chi connectivity index (χ0n) is 11.1. The van der Waals surface area contributed by atoms with Gasteiger partial charge < -0.3 is 10.1 Å². The normalized spacial score (nSPS) is 27.6. The summed E-state index contributed by atoms with van der Waals surface area (Å²) in [5, 5.41) is 4.46. The molecule has 2 aromatic carbocycles. The number of anilines is 1. The van der Waals surface area contributed by atoms with Crippen LogP contribution in [0.5, 0.6) is 0 Å². The van der Waals surface area contributed by atoms with E-state index in [0.717, 1.165) is 18.1 Å². The van der Waals surface area contributed by atoms with Crippen LogP contribution in [-0.2, 0) is 4.74 Å². The number of nitrogens with one attached hydrogen (secondary N) is 1. The monoisotopic (exact) mass is 285 g/mol. The van der Waals surface area contributed by atoms with Gasteiger partial charge in [0.15, 0.2) is 0 Å². The van der Waals surface area contributed by atoms with Crippen molar-refractivity contribution in [3.05, 3.63) is 64.7 Å². The molecule has 2 aromatic rings. The van der Waals surface area contributed by atoms with Crippen molar-refractivity contribution in [1.82, 2.24) is 0 Å². The summed E-state index contributed by atoms with van der Waals surface area (Å²) in [4.78, 5) is 0. The van der Waals surface area contributed by atoms with Gasteiger partial charge in [-0.3, -0.25) is 0 Å². The molecule has 0 spiro atoms. The van der Waals surface area contributed by atoms with Gasteiger partial charge in [0.1, 0.15) is 0 Å². The van der Waals surface area contributed by atoms with Crippen LogP contribution in [0, 0.1) is 5.92 Å². The fourth-order valence-corrected chi connectivity index (χ4v) is 3.55. The highest BCUT2D eigenvalue weighted by Crippen LogP contribution is 2.49. The number of ether oxygens (including phenoxy) is 1. The molecule has 0 unspecified atom stereocenters. The summed E-state index contributed by atoms with van der Waals surface area (Å²) in [6, 6.07) is 16.9. The fourth-order valence-electron chi connectivity index (χ4n) is 3.42. The fraction of sp³-hybridized carbons (Fsp3) is 0.294. The summed E-state index contributed by atoms with van der Waals surface area (Å²) in [6.07, 6.45) is 1.31. The van der Waals surface area contributed by atoms with Crippen LogP contribution in [0.15, 0.2) is 48.5 Å². The first-order valence-corrected chi connectivity index (χ1v) is 7.43. The molecule has 2 nitrogen and oxygen atoms in total. The smallest absolute Gasteiger partial charge is 0.0896 e.